The molecule has 26 heavy (non-hydrogen) atoms. The van der Waals surface area contributed by atoms with Gasteiger partial charge in [-0.25, -0.2) is 4.79 Å². The van der Waals surface area contributed by atoms with Crippen molar-refractivity contribution in [3.63, 3.8) is 0 Å². The number of hydrogen-bond acceptors (Lipinski definition) is 5. The van der Waals surface area contributed by atoms with E-state index in [1.807, 2.05) is 20.8 Å². The summed E-state index contributed by atoms with van der Waals surface area (Å²) in [4.78, 5) is 12.2. The number of carbonyl (C=O) groups excluding carboxylic acids is 1. The predicted octanol–water partition coefficient (Wildman–Crippen LogP) is 5.30. The lowest BCUT2D eigenvalue weighted by Crippen LogP contribution is -2.47. The van der Waals surface area contributed by atoms with E-state index >= 15 is 0 Å². The molecule has 1 atom stereocenters. The molecule has 0 aliphatic rings. The monoisotopic (exact) mass is 413 g/mol. The normalized spacial score (nSPS) is 13.0. The number of carbonyl (C=O) groups is 1. The lowest BCUT2D eigenvalue weighted by molar-refractivity contribution is 0.0519. The van der Waals surface area contributed by atoms with Crippen LogP contribution < -0.4 is 5.32 Å². The zero-order valence-corrected chi connectivity index (χ0v) is 19.5. The first-order valence-electron chi connectivity index (χ1n) is 8.71. The summed E-state index contributed by atoms with van der Waals surface area (Å²) in [5.74, 6) is 1.48. The molecule has 1 N–H and O–H groups in total. The fourth-order valence-corrected chi connectivity index (χ4v) is 4.73. The largest absolute Gasteiger partial charge is 0.538 e. The number of benzene rings is 1. The Kier molecular flexibility index (Phi) is 8.63. The Bertz CT molecular complexity index is 607. The van der Waals surface area contributed by atoms with E-state index in [1.54, 1.807) is 11.8 Å². The van der Waals surface area contributed by atoms with Gasteiger partial charge >= 0.3 is 6.09 Å². The van der Waals surface area contributed by atoms with Gasteiger partial charge < -0.3 is 14.5 Å². The highest BCUT2D eigenvalue weighted by Gasteiger charge is 2.26. The van der Waals surface area contributed by atoms with Gasteiger partial charge in [-0.05, 0) is 65.1 Å². The molecule has 0 saturated carbocycles. The number of rotatable bonds is 7. The summed E-state index contributed by atoms with van der Waals surface area (Å²) in [6.45, 7) is 13.8. The molecule has 4 nitrogen and oxygen atoms in total. The number of ether oxygens (including phenoxy) is 1. The van der Waals surface area contributed by atoms with Crippen LogP contribution in [0.1, 0.15) is 31.9 Å². The maximum absolute atomic E-state index is 12.2. The van der Waals surface area contributed by atoms with Crippen LogP contribution in [-0.4, -0.2) is 36.9 Å². The van der Waals surface area contributed by atoms with E-state index in [-0.39, 0.29) is 6.04 Å². The van der Waals surface area contributed by atoms with Gasteiger partial charge in [0, 0.05) is 11.5 Å². The number of nitrogens with one attached hydrogen (secondary N) is 1. The Morgan fingerprint density at radius 3 is 2.31 bits per heavy atom. The third-order valence-electron chi connectivity index (χ3n) is 3.06. The van der Waals surface area contributed by atoms with Crippen LogP contribution in [0.2, 0.25) is 19.6 Å². The number of alkyl carbamates (subject to hydrolysis) is 1. The minimum atomic E-state index is -1.83. The van der Waals surface area contributed by atoms with Crippen LogP contribution in [0.4, 0.5) is 4.79 Å². The molecule has 0 aromatic heterocycles. The van der Waals surface area contributed by atoms with Gasteiger partial charge in [0.05, 0.1) is 0 Å². The molecule has 1 rings (SSSR count). The Hall–Kier alpha value is -1.05. The molecule has 0 aliphatic carbocycles. The molecule has 1 amide bonds. The van der Waals surface area contributed by atoms with Gasteiger partial charge in [0.2, 0.25) is 8.32 Å². The van der Waals surface area contributed by atoms with E-state index in [2.05, 4.69) is 56.1 Å². The molecule has 0 saturated heterocycles. The number of thioether (sulfide) groups is 1. The van der Waals surface area contributed by atoms with Crippen LogP contribution in [0.5, 0.6) is 0 Å². The molecule has 0 bridgehead atoms. The van der Waals surface area contributed by atoms with E-state index in [4.69, 9.17) is 21.4 Å². The highest BCUT2D eigenvalue weighted by molar-refractivity contribution is 7.98. The average molecular weight is 414 g/mol. The molecule has 0 fully saturated rings. The van der Waals surface area contributed by atoms with E-state index in [0.29, 0.717) is 10.8 Å². The van der Waals surface area contributed by atoms with Gasteiger partial charge in [-0.3, -0.25) is 0 Å². The Labute approximate surface area is 168 Å². The van der Waals surface area contributed by atoms with Crippen LogP contribution in [-0.2, 0) is 14.9 Å². The maximum Gasteiger partial charge on any atom is 0.408 e. The fraction of sp³-hybridized carbons (Fsp3) is 0.579. The second-order valence-corrected chi connectivity index (χ2v) is 14.1. The number of hydrogen-bond donors (Lipinski definition) is 1. The smallest absolute Gasteiger partial charge is 0.408 e. The lowest BCUT2D eigenvalue weighted by Gasteiger charge is -2.27. The van der Waals surface area contributed by atoms with Crippen molar-refractivity contribution in [3.8, 4) is 0 Å². The molecular formula is C19H31NO3S2Si. The first kappa shape index (κ1) is 23.0. The summed E-state index contributed by atoms with van der Waals surface area (Å²) in [5.41, 5.74) is 1.94. The lowest BCUT2D eigenvalue weighted by atomic mass is 10.2. The van der Waals surface area contributed by atoms with Crippen molar-refractivity contribution in [1.29, 1.82) is 0 Å². The van der Waals surface area contributed by atoms with Gasteiger partial charge in [0.1, 0.15) is 11.6 Å². The van der Waals surface area contributed by atoms with Gasteiger partial charge in [0.25, 0.3) is 0 Å². The fourth-order valence-electron chi connectivity index (χ4n) is 1.97. The van der Waals surface area contributed by atoms with Crippen molar-refractivity contribution in [2.75, 3.05) is 5.75 Å². The molecule has 1 aromatic rings. The molecular weight excluding hydrogens is 382 g/mol. The maximum atomic E-state index is 12.2. The van der Waals surface area contributed by atoms with E-state index in [1.165, 1.54) is 11.1 Å². The molecule has 0 aliphatic heterocycles. The number of aryl methyl sites for hydroxylation is 1. The number of amides is 1. The van der Waals surface area contributed by atoms with Crippen LogP contribution in [0.15, 0.2) is 24.3 Å². The van der Waals surface area contributed by atoms with Crippen molar-refractivity contribution >= 4 is 43.4 Å². The predicted molar refractivity (Wildman–Crippen MR) is 118 cm³/mol. The molecule has 146 valence electrons. The van der Waals surface area contributed by atoms with Gasteiger partial charge in [-0.15, -0.1) is 0 Å². The minimum absolute atomic E-state index is 0.359. The third-order valence-corrected chi connectivity index (χ3v) is 5.51. The molecule has 7 heteroatoms. The molecule has 0 spiro atoms. The zero-order valence-electron chi connectivity index (χ0n) is 16.8. The van der Waals surface area contributed by atoms with Gasteiger partial charge in [-0.2, -0.15) is 11.8 Å². The summed E-state index contributed by atoms with van der Waals surface area (Å²) in [6.07, 6.45) is -0.472. The Balaban J connectivity index is 2.68. The highest BCUT2D eigenvalue weighted by Crippen LogP contribution is 2.17. The Morgan fingerprint density at radius 2 is 1.81 bits per heavy atom. The van der Waals surface area contributed by atoms with Crippen molar-refractivity contribution in [2.24, 2.45) is 0 Å². The molecule has 0 radical (unpaired) electrons. The summed E-state index contributed by atoms with van der Waals surface area (Å²) >= 11 is 7.17. The summed E-state index contributed by atoms with van der Waals surface area (Å²) in [5, 5.41) is 3.30. The van der Waals surface area contributed by atoms with Crippen LogP contribution in [0.3, 0.4) is 0 Å². The average Bonchev–Trinajstić information content (AvgIpc) is 2.44. The quantitative estimate of drug-likeness (QED) is 0.485. The van der Waals surface area contributed by atoms with E-state index in [9.17, 15) is 4.79 Å². The van der Waals surface area contributed by atoms with Crippen molar-refractivity contribution in [3.05, 3.63) is 35.4 Å². The molecule has 1 unspecified atom stereocenters. The second-order valence-electron chi connectivity index (χ2n) is 8.23. The molecule has 1 aromatic carbocycles. The number of thiocarbonyl (C=S) groups is 1. The van der Waals surface area contributed by atoms with Crippen molar-refractivity contribution < 1.29 is 14.0 Å². The van der Waals surface area contributed by atoms with Crippen molar-refractivity contribution in [2.45, 2.75) is 64.7 Å². The second kappa shape index (κ2) is 9.76. The topological polar surface area (TPSA) is 47.6 Å². The van der Waals surface area contributed by atoms with Crippen molar-refractivity contribution in [1.82, 2.24) is 5.32 Å². The van der Waals surface area contributed by atoms with E-state index < -0.39 is 20.0 Å². The highest BCUT2D eigenvalue weighted by atomic mass is 32.2. The Morgan fingerprint density at radius 1 is 1.23 bits per heavy atom. The van der Waals surface area contributed by atoms with Gasteiger partial charge in [0.15, 0.2) is 5.05 Å². The van der Waals surface area contributed by atoms with Crippen LogP contribution in [0, 0.1) is 6.92 Å². The van der Waals surface area contributed by atoms with Crippen LogP contribution >= 0.6 is 24.0 Å². The first-order chi connectivity index (χ1) is 11.9. The first-order valence-corrected chi connectivity index (χ1v) is 13.7. The summed E-state index contributed by atoms with van der Waals surface area (Å²) in [7, 11) is -1.83. The van der Waals surface area contributed by atoms with Gasteiger partial charge in [-0.1, -0.05) is 29.8 Å². The summed E-state index contributed by atoms with van der Waals surface area (Å²) in [6, 6.07) is 8.09. The standard InChI is InChI=1S/C19H31NO3S2Si/c1-14-8-10-15(11-9-14)12-25-13-16(17(24)23-26(5,6)7)20-18(21)22-19(2,3)4/h8-11,16H,12-13H2,1-7H3,(H,20,21). The van der Waals surface area contributed by atoms with E-state index in [0.717, 1.165) is 5.75 Å². The SMILES string of the molecule is Cc1ccc(CSCC(NC(=O)OC(C)(C)C)C(=S)O[Si](C)(C)C)cc1. The van der Waals surface area contributed by atoms with Crippen LogP contribution in [0.25, 0.3) is 0 Å². The minimum Gasteiger partial charge on any atom is -0.538 e. The summed E-state index contributed by atoms with van der Waals surface area (Å²) < 4.78 is 11.3. The zero-order chi connectivity index (χ0) is 20.0. The molecule has 0 heterocycles. The third kappa shape index (κ3) is 10.2.